The molecule has 0 saturated carbocycles. The zero-order chi connectivity index (χ0) is 12.9. The van der Waals surface area contributed by atoms with E-state index in [-0.39, 0.29) is 29.7 Å². The van der Waals surface area contributed by atoms with E-state index in [4.69, 9.17) is 0 Å². The molecule has 1 aliphatic rings. The minimum Gasteiger partial charge on any atom is -0.355 e. The summed E-state index contributed by atoms with van der Waals surface area (Å²) in [6.07, 6.45) is 0.737. The third kappa shape index (κ3) is 5.70. The van der Waals surface area contributed by atoms with Crippen molar-refractivity contribution in [3.8, 4) is 0 Å². The highest BCUT2D eigenvalue weighted by atomic mass is 127. The van der Waals surface area contributed by atoms with Crippen molar-refractivity contribution in [2.45, 2.75) is 26.3 Å². The lowest BCUT2D eigenvalue weighted by molar-refractivity contribution is 0.444. The van der Waals surface area contributed by atoms with Crippen LogP contribution in [0.15, 0.2) is 4.99 Å². The van der Waals surface area contributed by atoms with Gasteiger partial charge in [-0.15, -0.1) is 24.0 Å². The Morgan fingerprint density at radius 2 is 2.11 bits per heavy atom. The summed E-state index contributed by atoms with van der Waals surface area (Å²) in [5.74, 6) is 0.989. The molecule has 0 aromatic rings. The molecule has 8 heteroatoms. The van der Waals surface area contributed by atoms with E-state index in [0.717, 1.165) is 6.42 Å². The average molecular weight is 390 g/mol. The van der Waals surface area contributed by atoms with Crippen molar-refractivity contribution < 1.29 is 8.42 Å². The van der Waals surface area contributed by atoms with Gasteiger partial charge in [-0.25, -0.2) is 12.7 Å². The number of nitrogens with zero attached hydrogens (tertiary/aromatic N) is 2. The van der Waals surface area contributed by atoms with Gasteiger partial charge in [0.05, 0.1) is 5.75 Å². The van der Waals surface area contributed by atoms with Gasteiger partial charge in [-0.2, -0.15) is 0 Å². The number of halogens is 1. The Morgan fingerprint density at radius 3 is 2.56 bits per heavy atom. The molecule has 1 saturated heterocycles. The van der Waals surface area contributed by atoms with Crippen LogP contribution in [0.3, 0.4) is 0 Å². The van der Waals surface area contributed by atoms with Crippen molar-refractivity contribution >= 4 is 40.0 Å². The largest absolute Gasteiger partial charge is 0.355 e. The maximum Gasteiger partial charge on any atom is 0.214 e. The molecule has 0 radical (unpaired) electrons. The van der Waals surface area contributed by atoms with Gasteiger partial charge in [0.15, 0.2) is 5.96 Å². The van der Waals surface area contributed by atoms with Gasteiger partial charge in [0, 0.05) is 32.7 Å². The number of aliphatic imine (C=N–C) groups is 1. The zero-order valence-electron chi connectivity index (χ0n) is 11.1. The predicted octanol–water partition coefficient (Wildman–Crippen LogP) is 0.213. The first-order chi connectivity index (χ1) is 7.95. The molecule has 0 aliphatic carbocycles. The molecule has 0 spiro atoms. The van der Waals surface area contributed by atoms with Crippen LogP contribution in [0, 0.1) is 0 Å². The fraction of sp³-hybridized carbons (Fsp3) is 0.900. The first-order valence-electron chi connectivity index (χ1n) is 5.90. The van der Waals surface area contributed by atoms with Crippen LogP contribution in [-0.2, 0) is 10.0 Å². The molecule has 1 aliphatic heterocycles. The van der Waals surface area contributed by atoms with Crippen LogP contribution in [0.1, 0.15) is 20.3 Å². The molecule has 108 valence electrons. The minimum absolute atomic E-state index is 0. The van der Waals surface area contributed by atoms with E-state index in [2.05, 4.69) is 15.6 Å². The average Bonchev–Trinajstić information content (AvgIpc) is 2.56. The van der Waals surface area contributed by atoms with Crippen LogP contribution in [0.5, 0.6) is 0 Å². The predicted molar refractivity (Wildman–Crippen MR) is 85.0 cm³/mol. The Balaban J connectivity index is 0.00000289. The molecular formula is C10H23IN4O2S. The number of hydrogen-bond acceptors (Lipinski definition) is 3. The normalized spacial score (nSPS) is 19.7. The number of hydrogen-bond donors (Lipinski definition) is 2. The molecule has 2 N–H and O–H groups in total. The van der Waals surface area contributed by atoms with Crippen molar-refractivity contribution in [2.75, 3.05) is 32.4 Å². The molecular weight excluding hydrogens is 367 g/mol. The lowest BCUT2D eigenvalue weighted by Gasteiger charge is -2.17. The third-order valence-corrected chi connectivity index (χ3v) is 4.46. The van der Waals surface area contributed by atoms with E-state index in [1.54, 1.807) is 7.05 Å². The van der Waals surface area contributed by atoms with Gasteiger partial charge in [0.25, 0.3) is 0 Å². The summed E-state index contributed by atoms with van der Waals surface area (Å²) in [6.45, 7) is 5.77. The lowest BCUT2D eigenvalue weighted by atomic mass is 10.4. The molecule has 0 aromatic heterocycles. The molecule has 0 unspecified atom stereocenters. The van der Waals surface area contributed by atoms with Crippen molar-refractivity contribution in [3.05, 3.63) is 0 Å². The molecule has 6 nitrogen and oxygen atoms in total. The highest BCUT2D eigenvalue weighted by Gasteiger charge is 2.27. The summed E-state index contributed by atoms with van der Waals surface area (Å²) in [5, 5.41) is 6.24. The van der Waals surface area contributed by atoms with Gasteiger partial charge < -0.3 is 10.6 Å². The Morgan fingerprint density at radius 1 is 1.44 bits per heavy atom. The molecule has 0 amide bonds. The van der Waals surface area contributed by atoms with E-state index in [0.29, 0.717) is 31.6 Å². The highest BCUT2D eigenvalue weighted by Crippen LogP contribution is 2.11. The maximum atomic E-state index is 11.5. The number of nitrogens with one attached hydrogen (secondary N) is 2. The zero-order valence-corrected chi connectivity index (χ0v) is 14.3. The highest BCUT2D eigenvalue weighted by molar-refractivity contribution is 14.0. The van der Waals surface area contributed by atoms with Crippen molar-refractivity contribution in [1.82, 2.24) is 14.9 Å². The Labute approximate surface area is 127 Å². The van der Waals surface area contributed by atoms with Gasteiger partial charge in [0.2, 0.25) is 10.0 Å². The summed E-state index contributed by atoms with van der Waals surface area (Å²) in [6, 6.07) is 0.303. The lowest BCUT2D eigenvalue weighted by Crippen LogP contribution is -2.44. The van der Waals surface area contributed by atoms with E-state index in [1.807, 2.05) is 13.8 Å². The van der Waals surface area contributed by atoms with Crippen LogP contribution in [0.25, 0.3) is 0 Å². The smallest absolute Gasteiger partial charge is 0.214 e. The summed E-state index contributed by atoms with van der Waals surface area (Å²) >= 11 is 0. The van der Waals surface area contributed by atoms with Crippen LogP contribution in [0.2, 0.25) is 0 Å². The van der Waals surface area contributed by atoms with Gasteiger partial charge in [-0.3, -0.25) is 4.99 Å². The van der Waals surface area contributed by atoms with Crippen LogP contribution < -0.4 is 10.6 Å². The second-order valence-corrected chi connectivity index (χ2v) is 6.46. The van der Waals surface area contributed by atoms with Crippen molar-refractivity contribution in [3.63, 3.8) is 0 Å². The van der Waals surface area contributed by atoms with Gasteiger partial charge in [-0.1, -0.05) is 0 Å². The second kappa shape index (κ2) is 8.16. The maximum absolute atomic E-state index is 11.5. The van der Waals surface area contributed by atoms with Crippen molar-refractivity contribution in [1.29, 1.82) is 0 Å². The summed E-state index contributed by atoms with van der Waals surface area (Å²) in [7, 11) is -1.28. The van der Waals surface area contributed by atoms with E-state index >= 15 is 0 Å². The molecule has 18 heavy (non-hydrogen) atoms. The quantitative estimate of drug-likeness (QED) is 0.409. The van der Waals surface area contributed by atoms with Gasteiger partial charge in [-0.05, 0) is 20.3 Å². The SMILES string of the molecule is CN=C(NCCN1CCCS1(=O)=O)NC(C)C.I. The molecule has 0 bridgehead atoms. The minimum atomic E-state index is -2.98. The topological polar surface area (TPSA) is 73.8 Å². The fourth-order valence-corrected chi connectivity index (χ4v) is 3.24. The standard InChI is InChI=1S/C10H22N4O2S.HI/c1-9(2)13-10(11-3)12-5-7-14-6-4-8-17(14,15)16;/h9H,4-8H2,1-3H3,(H2,11,12,13);1H. The Bertz CT molecular complexity index is 370. The van der Waals surface area contributed by atoms with Gasteiger partial charge in [0.1, 0.15) is 0 Å². The van der Waals surface area contributed by atoms with E-state index in [1.165, 1.54) is 4.31 Å². The second-order valence-electron chi connectivity index (χ2n) is 4.37. The van der Waals surface area contributed by atoms with Gasteiger partial charge >= 0.3 is 0 Å². The first-order valence-corrected chi connectivity index (χ1v) is 7.51. The van der Waals surface area contributed by atoms with Crippen LogP contribution in [0.4, 0.5) is 0 Å². The summed E-state index contributed by atoms with van der Waals surface area (Å²) in [4.78, 5) is 4.06. The van der Waals surface area contributed by atoms with Crippen molar-refractivity contribution in [2.24, 2.45) is 4.99 Å². The molecule has 0 aromatic carbocycles. The fourth-order valence-electron chi connectivity index (χ4n) is 1.71. The Kier molecular flexibility index (Phi) is 8.11. The molecule has 1 heterocycles. The van der Waals surface area contributed by atoms with E-state index in [9.17, 15) is 8.42 Å². The monoisotopic (exact) mass is 390 g/mol. The Hall–Kier alpha value is -0.0900. The van der Waals surface area contributed by atoms with Crippen LogP contribution in [-0.4, -0.2) is 57.2 Å². The number of rotatable bonds is 4. The third-order valence-electron chi connectivity index (χ3n) is 2.51. The van der Waals surface area contributed by atoms with Crippen LogP contribution >= 0.6 is 24.0 Å². The summed E-state index contributed by atoms with van der Waals surface area (Å²) < 4.78 is 24.6. The first kappa shape index (κ1) is 17.9. The molecule has 0 atom stereocenters. The summed E-state index contributed by atoms with van der Waals surface area (Å²) in [5.41, 5.74) is 0. The molecule has 1 rings (SSSR count). The number of guanidine groups is 1. The number of sulfonamides is 1. The molecule has 1 fully saturated rings. The van der Waals surface area contributed by atoms with E-state index < -0.39 is 10.0 Å².